The highest BCUT2D eigenvalue weighted by Crippen LogP contribution is 2.44. The minimum absolute atomic E-state index is 0.0152. The Bertz CT molecular complexity index is 1070. The molecule has 2 heterocycles. The van der Waals surface area contributed by atoms with Crippen molar-refractivity contribution in [3.63, 3.8) is 0 Å². The van der Waals surface area contributed by atoms with Gasteiger partial charge in [-0.3, -0.25) is 19.3 Å². The zero-order chi connectivity index (χ0) is 22.9. The van der Waals surface area contributed by atoms with Crippen LogP contribution in [0.4, 0.5) is 11.4 Å². The van der Waals surface area contributed by atoms with Gasteiger partial charge in [0.1, 0.15) is 11.4 Å². The standard InChI is InChI=1S/C24H26ClN3O4/c1-3-14-32-20-9-8-16(25)15-18(20)26-21(29)11-13-27-23(31)17-6-4-5-7-19(17)28-22(30)10-12-24(27,28)2/h4-9,15H,3,10-14H2,1-2H3,(H,26,29). The van der Waals surface area contributed by atoms with Gasteiger partial charge in [0.05, 0.1) is 23.5 Å². The number of fused-ring (bicyclic) bond motifs is 3. The highest BCUT2D eigenvalue weighted by Gasteiger charge is 2.52. The smallest absolute Gasteiger partial charge is 0.257 e. The predicted octanol–water partition coefficient (Wildman–Crippen LogP) is 4.46. The Hall–Kier alpha value is -3.06. The van der Waals surface area contributed by atoms with Crippen molar-refractivity contribution in [3.8, 4) is 5.75 Å². The molecule has 2 aliphatic rings. The molecule has 3 amide bonds. The van der Waals surface area contributed by atoms with Crippen molar-refractivity contribution in [2.75, 3.05) is 23.4 Å². The maximum atomic E-state index is 13.3. The molecule has 0 saturated carbocycles. The molecule has 2 aromatic rings. The van der Waals surface area contributed by atoms with Crippen LogP contribution in [0.1, 0.15) is 49.9 Å². The summed E-state index contributed by atoms with van der Waals surface area (Å²) in [6.45, 7) is 4.59. The zero-order valence-electron chi connectivity index (χ0n) is 18.2. The molecule has 2 aromatic carbocycles. The van der Waals surface area contributed by atoms with Crippen LogP contribution in [0.15, 0.2) is 42.5 Å². The molecular weight excluding hydrogens is 430 g/mol. The van der Waals surface area contributed by atoms with Crippen LogP contribution in [-0.2, 0) is 9.59 Å². The van der Waals surface area contributed by atoms with Gasteiger partial charge in [-0.25, -0.2) is 0 Å². The quantitative estimate of drug-likeness (QED) is 0.668. The van der Waals surface area contributed by atoms with E-state index in [-0.39, 0.29) is 30.7 Å². The van der Waals surface area contributed by atoms with E-state index in [2.05, 4.69) is 5.32 Å². The summed E-state index contributed by atoms with van der Waals surface area (Å²) in [5.41, 5.74) is 0.828. The van der Waals surface area contributed by atoms with Gasteiger partial charge in [0.25, 0.3) is 5.91 Å². The Morgan fingerprint density at radius 1 is 1.22 bits per heavy atom. The first-order valence-electron chi connectivity index (χ1n) is 10.8. The molecule has 168 valence electrons. The van der Waals surface area contributed by atoms with Gasteiger partial charge in [0.15, 0.2) is 0 Å². The second-order valence-electron chi connectivity index (χ2n) is 8.21. The maximum absolute atomic E-state index is 13.3. The second-order valence-corrected chi connectivity index (χ2v) is 8.64. The molecule has 0 radical (unpaired) electrons. The molecule has 1 atom stereocenters. The number of carbonyl (C=O) groups is 3. The summed E-state index contributed by atoms with van der Waals surface area (Å²) in [4.78, 5) is 42.0. The number of halogens is 1. The van der Waals surface area contributed by atoms with Gasteiger partial charge in [-0.2, -0.15) is 0 Å². The van der Waals surface area contributed by atoms with E-state index in [0.717, 1.165) is 6.42 Å². The van der Waals surface area contributed by atoms with Crippen LogP contribution in [0.3, 0.4) is 0 Å². The highest BCUT2D eigenvalue weighted by atomic mass is 35.5. The van der Waals surface area contributed by atoms with Crippen molar-refractivity contribution in [3.05, 3.63) is 53.1 Å². The summed E-state index contributed by atoms with van der Waals surface area (Å²) in [6, 6.07) is 12.2. The third-order valence-corrected chi connectivity index (χ3v) is 6.22. The van der Waals surface area contributed by atoms with Crippen LogP contribution in [0.2, 0.25) is 5.02 Å². The van der Waals surface area contributed by atoms with Gasteiger partial charge in [0, 0.05) is 24.4 Å². The summed E-state index contributed by atoms with van der Waals surface area (Å²) >= 11 is 6.10. The number of benzene rings is 2. The molecule has 0 spiro atoms. The van der Waals surface area contributed by atoms with Crippen molar-refractivity contribution < 1.29 is 19.1 Å². The average molecular weight is 456 g/mol. The minimum atomic E-state index is -0.783. The number of ether oxygens (including phenoxy) is 1. The summed E-state index contributed by atoms with van der Waals surface area (Å²) in [5, 5.41) is 3.33. The number of hydrogen-bond donors (Lipinski definition) is 1. The van der Waals surface area contributed by atoms with Gasteiger partial charge in [-0.1, -0.05) is 30.7 Å². The van der Waals surface area contributed by atoms with E-state index in [1.807, 2.05) is 19.9 Å². The first kappa shape index (κ1) is 22.1. The molecule has 4 rings (SSSR count). The van der Waals surface area contributed by atoms with Gasteiger partial charge in [-0.15, -0.1) is 0 Å². The summed E-state index contributed by atoms with van der Waals surface area (Å²) in [6.07, 6.45) is 1.80. The highest BCUT2D eigenvalue weighted by molar-refractivity contribution is 6.31. The number of carbonyl (C=O) groups excluding carboxylic acids is 3. The van der Waals surface area contributed by atoms with E-state index in [9.17, 15) is 14.4 Å². The molecule has 1 N–H and O–H groups in total. The van der Waals surface area contributed by atoms with E-state index in [1.54, 1.807) is 46.2 Å². The Morgan fingerprint density at radius 2 is 2.00 bits per heavy atom. The molecule has 0 aliphatic carbocycles. The molecule has 1 fully saturated rings. The van der Waals surface area contributed by atoms with E-state index in [4.69, 9.17) is 16.3 Å². The molecule has 7 nitrogen and oxygen atoms in total. The third kappa shape index (κ3) is 3.93. The van der Waals surface area contributed by atoms with E-state index in [1.165, 1.54) is 0 Å². The summed E-state index contributed by atoms with van der Waals surface area (Å²) in [7, 11) is 0. The van der Waals surface area contributed by atoms with Crippen molar-refractivity contribution in [2.24, 2.45) is 0 Å². The Labute approximate surface area is 192 Å². The van der Waals surface area contributed by atoms with E-state index < -0.39 is 5.66 Å². The van der Waals surface area contributed by atoms with E-state index >= 15 is 0 Å². The number of amides is 3. The van der Waals surface area contributed by atoms with Crippen molar-refractivity contribution >= 4 is 40.7 Å². The van der Waals surface area contributed by atoms with Crippen LogP contribution in [0.25, 0.3) is 0 Å². The van der Waals surface area contributed by atoms with Crippen LogP contribution in [-0.4, -0.2) is 41.4 Å². The maximum Gasteiger partial charge on any atom is 0.257 e. The topological polar surface area (TPSA) is 79.0 Å². The second kappa shape index (κ2) is 8.82. The fourth-order valence-electron chi connectivity index (χ4n) is 4.41. The number of para-hydroxylation sites is 1. The number of hydrogen-bond acceptors (Lipinski definition) is 4. The average Bonchev–Trinajstić information content (AvgIpc) is 3.08. The first-order chi connectivity index (χ1) is 15.3. The Morgan fingerprint density at radius 3 is 2.78 bits per heavy atom. The van der Waals surface area contributed by atoms with Crippen molar-refractivity contribution in [1.82, 2.24) is 4.90 Å². The molecule has 0 bridgehead atoms. The number of nitrogens with one attached hydrogen (secondary N) is 1. The van der Waals surface area contributed by atoms with E-state index in [0.29, 0.717) is 47.2 Å². The first-order valence-corrected chi connectivity index (χ1v) is 11.2. The molecule has 1 saturated heterocycles. The minimum Gasteiger partial charge on any atom is -0.491 e. The lowest BCUT2D eigenvalue weighted by atomic mass is 9.98. The van der Waals surface area contributed by atoms with Crippen molar-refractivity contribution in [2.45, 2.75) is 45.2 Å². The van der Waals surface area contributed by atoms with Crippen LogP contribution < -0.4 is 15.0 Å². The van der Waals surface area contributed by atoms with Crippen molar-refractivity contribution in [1.29, 1.82) is 0 Å². The lowest BCUT2D eigenvalue weighted by molar-refractivity contribution is -0.117. The van der Waals surface area contributed by atoms with Gasteiger partial charge in [0.2, 0.25) is 11.8 Å². The largest absolute Gasteiger partial charge is 0.491 e. The number of nitrogens with zero attached hydrogens (tertiary/aromatic N) is 2. The molecule has 0 aromatic heterocycles. The Balaban J connectivity index is 1.52. The molecular formula is C24H26ClN3O4. The molecule has 32 heavy (non-hydrogen) atoms. The van der Waals surface area contributed by atoms with Crippen LogP contribution in [0.5, 0.6) is 5.75 Å². The predicted molar refractivity (Wildman–Crippen MR) is 123 cm³/mol. The summed E-state index contributed by atoms with van der Waals surface area (Å²) < 4.78 is 5.70. The SMILES string of the molecule is CCCOc1ccc(Cl)cc1NC(=O)CCN1C(=O)c2ccccc2N2C(=O)CCC12C. The lowest BCUT2D eigenvalue weighted by Crippen LogP contribution is -2.62. The van der Waals surface area contributed by atoms with Gasteiger partial charge >= 0.3 is 0 Å². The fraction of sp³-hybridized carbons (Fsp3) is 0.375. The molecule has 8 heteroatoms. The zero-order valence-corrected chi connectivity index (χ0v) is 18.9. The fourth-order valence-corrected chi connectivity index (χ4v) is 4.58. The third-order valence-electron chi connectivity index (χ3n) is 5.99. The van der Waals surface area contributed by atoms with Crippen LogP contribution in [0, 0.1) is 0 Å². The normalized spacial score (nSPS) is 19.6. The lowest BCUT2D eigenvalue weighted by Gasteiger charge is -2.48. The number of anilines is 2. The van der Waals surface area contributed by atoms with Crippen LogP contribution >= 0.6 is 11.6 Å². The Kier molecular flexibility index (Phi) is 6.11. The number of rotatable bonds is 7. The summed E-state index contributed by atoms with van der Waals surface area (Å²) in [5.74, 6) is 0.0990. The van der Waals surface area contributed by atoms with Gasteiger partial charge in [-0.05, 0) is 50.1 Å². The van der Waals surface area contributed by atoms with Gasteiger partial charge < -0.3 is 15.0 Å². The monoisotopic (exact) mass is 455 g/mol. The molecule has 2 aliphatic heterocycles. The molecule has 1 unspecified atom stereocenters.